The van der Waals surface area contributed by atoms with E-state index in [1.165, 1.54) is 19.1 Å². The maximum absolute atomic E-state index is 14.2. The topological polar surface area (TPSA) is 170 Å². The lowest BCUT2D eigenvalue weighted by atomic mass is 10.00. The van der Waals surface area contributed by atoms with Gasteiger partial charge >= 0.3 is 0 Å². The second-order valence-electron chi connectivity index (χ2n) is 11.5. The summed E-state index contributed by atoms with van der Waals surface area (Å²) in [6, 6.07) is 27.7. The van der Waals surface area contributed by atoms with E-state index in [0.717, 1.165) is 28.5 Å². The maximum atomic E-state index is 14.2. The van der Waals surface area contributed by atoms with Crippen molar-refractivity contribution in [2.45, 2.75) is 31.3 Å². The molecule has 6 N–H and O–H groups in total. The first-order valence-corrected chi connectivity index (χ1v) is 16.8. The van der Waals surface area contributed by atoms with Crippen molar-refractivity contribution in [1.82, 2.24) is 10.2 Å². The summed E-state index contributed by atoms with van der Waals surface area (Å²) in [5.41, 5.74) is 15.6. The fourth-order valence-electron chi connectivity index (χ4n) is 5.48. The van der Waals surface area contributed by atoms with Gasteiger partial charge in [-0.2, -0.15) is 0 Å². The van der Waals surface area contributed by atoms with E-state index in [-0.39, 0.29) is 46.7 Å². The van der Waals surface area contributed by atoms with Gasteiger partial charge in [0.1, 0.15) is 12.1 Å². The second kappa shape index (κ2) is 16.7. The van der Waals surface area contributed by atoms with Gasteiger partial charge in [0, 0.05) is 6.42 Å². The summed E-state index contributed by atoms with van der Waals surface area (Å²) >= 11 is 1.09. The van der Waals surface area contributed by atoms with Crippen molar-refractivity contribution < 1.29 is 29.0 Å². The van der Waals surface area contributed by atoms with Crippen LogP contribution >= 0.6 is 11.8 Å². The number of nitrogens with zero attached hydrogens (tertiary/aromatic N) is 2. The predicted octanol–water partition coefficient (Wildman–Crippen LogP) is 5.00. The molecule has 11 nitrogen and oxygen atoms in total. The number of hydrogen-bond donors (Lipinski definition) is 4. The summed E-state index contributed by atoms with van der Waals surface area (Å²) < 4.78 is 10.6. The zero-order valence-electron chi connectivity index (χ0n) is 27.7. The summed E-state index contributed by atoms with van der Waals surface area (Å²) in [7, 11) is 2.82. The average molecular weight is 694 g/mol. The first-order chi connectivity index (χ1) is 24.2. The SMILES string of the molecule is COc1cc(/C=C2\S/C(=N\c3ccccc3)N([C@@H](CCCN)C(=O)N[C@@H](Cc3ccc(-c4ccccc4)cc3)C(N)=O)C2=O)cc(OC)c1O. The first-order valence-electron chi connectivity index (χ1n) is 16.0. The van der Waals surface area contributed by atoms with Crippen molar-refractivity contribution in [3.63, 3.8) is 0 Å². The van der Waals surface area contributed by atoms with Gasteiger partial charge in [-0.25, -0.2) is 4.99 Å². The fourth-order valence-corrected chi connectivity index (χ4v) is 6.52. The van der Waals surface area contributed by atoms with Crippen molar-refractivity contribution in [1.29, 1.82) is 0 Å². The summed E-state index contributed by atoms with van der Waals surface area (Å²) in [4.78, 5) is 47.3. The number of methoxy groups -OCH3 is 2. The highest BCUT2D eigenvalue weighted by molar-refractivity contribution is 8.18. The lowest BCUT2D eigenvalue weighted by Gasteiger charge is -2.28. The molecule has 2 atom stereocenters. The minimum Gasteiger partial charge on any atom is -0.502 e. The molecule has 3 amide bonds. The van der Waals surface area contributed by atoms with E-state index in [1.54, 1.807) is 30.3 Å². The normalized spacial score (nSPS) is 15.6. The van der Waals surface area contributed by atoms with Crippen LogP contribution in [0.4, 0.5) is 5.69 Å². The molecule has 0 radical (unpaired) electrons. The smallest absolute Gasteiger partial charge is 0.267 e. The number of para-hydroxylation sites is 1. The highest BCUT2D eigenvalue weighted by Crippen LogP contribution is 2.40. The van der Waals surface area contributed by atoms with E-state index >= 15 is 0 Å². The first kappa shape index (κ1) is 35.7. The molecule has 0 bridgehead atoms. The highest BCUT2D eigenvalue weighted by atomic mass is 32.2. The van der Waals surface area contributed by atoms with Crippen LogP contribution in [0, 0.1) is 0 Å². The predicted molar refractivity (Wildman–Crippen MR) is 196 cm³/mol. The number of amidine groups is 1. The molecule has 4 aromatic rings. The monoisotopic (exact) mass is 693 g/mol. The lowest BCUT2D eigenvalue weighted by molar-refractivity contribution is -0.134. The van der Waals surface area contributed by atoms with Crippen LogP contribution in [-0.2, 0) is 20.8 Å². The number of hydrogen-bond acceptors (Lipinski definition) is 9. The number of aromatic hydroxyl groups is 1. The Hall–Kier alpha value is -5.59. The van der Waals surface area contributed by atoms with E-state index in [0.29, 0.717) is 17.7 Å². The van der Waals surface area contributed by atoms with E-state index in [1.807, 2.05) is 72.8 Å². The Kier molecular flexibility index (Phi) is 11.9. The number of carbonyl (C=O) groups is 3. The fraction of sp³-hybridized carbons (Fsp3) is 0.211. The summed E-state index contributed by atoms with van der Waals surface area (Å²) in [6.07, 6.45) is 2.39. The van der Waals surface area contributed by atoms with Crippen LogP contribution in [0.1, 0.15) is 24.0 Å². The van der Waals surface area contributed by atoms with Gasteiger partial charge < -0.3 is 31.4 Å². The van der Waals surface area contributed by atoms with Gasteiger partial charge in [0.15, 0.2) is 16.7 Å². The van der Waals surface area contributed by atoms with Gasteiger partial charge in [0.2, 0.25) is 17.6 Å². The quantitative estimate of drug-likeness (QED) is 0.134. The molecular weight excluding hydrogens is 655 g/mol. The van der Waals surface area contributed by atoms with Crippen molar-refractivity contribution in [2.75, 3.05) is 20.8 Å². The number of primary amides is 1. The number of aliphatic imine (C=N–C) groups is 1. The second-order valence-corrected chi connectivity index (χ2v) is 12.5. The third-order valence-electron chi connectivity index (χ3n) is 8.07. The Morgan fingerprint density at radius 1 is 0.940 bits per heavy atom. The molecule has 0 aliphatic carbocycles. The summed E-state index contributed by atoms with van der Waals surface area (Å²) in [6.45, 7) is 0.271. The number of carbonyl (C=O) groups excluding carboxylic acids is 3. The number of phenols is 1. The number of rotatable bonds is 14. The zero-order chi connectivity index (χ0) is 35.6. The number of nitrogens with one attached hydrogen (secondary N) is 1. The largest absolute Gasteiger partial charge is 0.502 e. The number of benzene rings is 4. The number of ether oxygens (including phenoxy) is 2. The number of amides is 3. The molecule has 50 heavy (non-hydrogen) atoms. The lowest BCUT2D eigenvalue weighted by Crippen LogP contribution is -2.54. The molecule has 5 rings (SSSR count). The standard InChI is InChI=1S/C38H39N5O6S/c1-48-31-21-25(22-32(49-2)34(31)44)23-33-37(47)43(38(50-33)41-28-12-7-4-8-13-28)30(14-9-19-39)36(46)42-29(35(40)45)20-24-15-17-27(18-16-24)26-10-5-3-6-11-26/h3-8,10-13,15-18,21-23,29-30,44H,9,14,19-20,39H2,1-2H3,(H2,40,45)(H,42,46)/b33-23-,41-38-/t29-,30-/m0/s1. The van der Waals surface area contributed by atoms with Gasteiger partial charge in [-0.1, -0.05) is 72.8 Å². The number of nitrogens with two attached hydrogens (primary N) is 2. The van der Waals surface area contributed by atoms with Crippen LogP contribution in [0.2, 0.25) is 0 Å². The van der Waals surface area contributed by atoms with Crippen LogP contribution < -0.4 is 26.3 Å². The Bertz CT molecular complexity index is 1860. The molecule has 258 valence electrons. The van der Waals surface area contributed by atoms with E-state index in [2.05, 4.69) is 5.32 Å². The Morgan fingerprint density at radius 3 is 2.12 bits per heavy atom. The number of phenolic OH excluding ortho intramolecular Hbond substituents is 1. The molecule has 1 heterocycles. The third-order valence-corrected chi connectivity index (χ3v) is 9.06. The van der Waals surface area contributed by atoms with Crippen molar-refractivity contribution >= 4 is 46.4 Å². The molecule has 12 heteroatoms. The Morgan fingerprint density at radius 2 is 1.54 bits per heavy atom. The van der Waals surface area contributed by atoms with Crippen molar-refractivity contribution in [3.05, 3.63) is 113 Å². The van der Waals surface area contributed by atoms with Gasteiger partial charge in [-0.05, 0) is 83.7 Å². The van der Waals surface area contributed by atoms with Crippen LogP contribution in [-0.4, -0.2) is 65.7 Å². The molecule has 1 fully saturated rings. The van der Waals surface area contributed by atoms with E-state index in [9.17, 15) is 19.5 Å². The molecule has 0 saturated carbocycles. The molecular formula is C38H39N5O6S. The van der Waals surface area contributed by atoms with Crippen LogP contribution in [0.5, 0.6) is 17.2 Å². The highest BCUT2D eigenvalue weighted by Gasteiger charge is 2.42. The van der Waals surface area contributed by atoms with Gasteiger partial charge in [-0.3, -0.25) is 19.3 Å². The molecule has 0 aromatic heterocycles. The van der Waals surface area contributed by atoms with Gasteiger partial charge in [-0.15, -0.1) is 0 Å². The third kappa shape index (κ3) is 8.52. The van der Waals surface area contributed by atoms with Gasteiger partial charge in [0.25, 0.3) is 5.91 Å². The van der Waals surface area contributed by atoms with Crippen LogP contribution in [0.3, 0.4) is 0 Å². The maximum Gasteiger partial charge on any atom is 0.267 e. The van der Waals surface area contributed by atoms with Crippen LogP contribution in [0.15, 0.2) is 107 Å². The molecule has 0 spiro atoms. The van der Waals surface area contributed by atoms with Crippen LogP contribution in [0.25, 0.3) is 17.2 Å². The van der Waals surface area contributed by atoms with Crippen molar-refractivity contribution in [3.8, 4) is 28.4 Å². The van der Waals surface area contributed by atoms with Crippen molar-refractivity contribution in [2.24, 2.45) is 16.5 Å². The molecule has 4 aromatic carbocycles. The minimum absolute atomic E-state index is 0.156. The minimum atomic E-state index is -1.06. The van der Waals surface area contributed by atoms with Gasteiger partial charge in [0.05, 0.1) is 24.8 Å². The Balaban J connectivity index is 1.46. The summed E-state index contributed by atoms with van der Waals surface area (Å²) in [5.74, 6) is -1.60. The van der Waals surface area contributed by atoms with E-state index in [4.69, 9.17) is 25.9 Å². The average Bonchev–Trinajstić information content (AvgIpc) is 3.42. The zero-order valence-corrected chi connectivity index (χ0v) is 28.6. The molecule has 1 aliphatic heterocycles. The number of thioether (sulfide) groups is 1. The van der Waals surface area contributed by atoms with E-state index < -0.39 is 29.8 Å². The Labute approximate surface area is 295 Å². The molecule has 1 aliphatic rings. The molecule has 0 unspecified atom stereocenters. The summed E-state index contributed by atoms with van der Waals surface area (Å²) in [5, 5.41) is 13.5. The molecule has 1 saturated heterocycles.